The molecule has 4 unspecified atom stereocenters. The van der Waals surface area contributed by atoms with E-state index in [9.17, 15) is 4.79 Å². The number of ether oxygens (including phenoxy) is 4. The molecule has 2 aromatic rings. The second-order valence-corrected chi connectivity index (χ2v) is 8.30. The molecule has 5 rings (SSSR count). The molecule has 6 heteroatoms. The summed E-state index contributed by atoms with van der Waals surface area (Å²) in [6.45, 7) is 1.34. The molecule has 0 N–H and O–H groups in total. The van der Waals surface area contributed by atoms with Gasteiger partial charge in [-0.25, -0.2) is 0 Å². The van der Waals surface area contributed by atoms with Gasteiger partial charge in [0.25, 0.3) is 0 Å². The van der Waals surface area contributed by atoms with Gasteiger partial charge >= 0.3 is 0 Å². The summed E-state index contributed by atoms with van der Waals surface area (Å²) in [4.78, 5) is 15.7. The van der Waals surface area contributed by atoms with Crippen LogP contribution in [0.15, 0.2) is 54.8 Å². The molecule has 2 aliphatic heterocycles. The standard InChI is InChI=1S/C25H27NO5/c1-28-17-9-7-16(8-10-17)26-13-20-23(31-15-26)12-11-19-24(27)21(14-30-25(19)20)18-5-3-4-6-22(18)29-2/h3-10,14,19-20,23,25H,11-13,15H2,1-2H3. The van der Waals surface area contributed by atoms with Gasteiger partial charge in [0.2, 0.25) is 0 Å². The van der Waals surface area contributed by atoms with Gasteiger partial charge in [-0.2, -0.15) is 0 Å². The molecule has 3 aliphatic rings. The van der Waals surface area contributed by atoms with E-state index in [4.69, 9.17) is 18.9 Å². The van der Waals surface area contributed by atoms with Crippen molar-refractivity contribution in [2.45, 2.75) is 25.0 Å². The Hall–Kier alpha value is -2.99. The predicted octanol–water partition coefficient (Wildman–Crippen LogP) is 3.90. The highest BCUT2D eigenvalue weighted by Crippen LogP contribution is 2.43. The molecule has 2 fully saturated rings. The zero-order valence-electron chi connectivity index (χ0n) is 17.8. The van der Waals surface area contributed by atoms with Crippen molar-refractivity contribution in [2.75, 3.05) is 32.4 Å². The van der Waals surface area contributed by atoms with Crippen molar-refractivity contribution < 1.29 is 23.7 Å². The summed E-state index contributed by atoms with van der Waals surface area (Å²) in [7, 11) is 3.28. The van der Waals surface area contributed by atoms with Gasteiger partial charge in [-0.3, -0.25) is 4.79 Å². The van der Waals surface area contributed by atoms with Crippen molar-refractivity contribution in [1.82, 2.24) is 0 Å². The lowest BCUT2D eigenvalue weighted by molar-refractivity contribution is -0.140. The minimum absolute atomic E-state index is 0.116. The molecule has 4 atom stereocenters. The number of para-hydroxylation sites is 1. The molecule has 162 valence electrons. The van der Waals surface area contributed by atoms with E-state index in [2.05, 4.69) is 4.90 Å². The third-order valence-electron chi connectivity index (χ3n) is 6.71. The summed E-state index contributed by atoms with van der Waals surface area (Å²) in [5.41, 5.74) is 2.46. The van der Waals surface area contributed by atoms with Gasteiger partial charge in [0.05, 0.1) is 38.1 Å². The number of nitrogens with zero attached hydrogens (tertiary/aromatic N) is 1. The highest BCUT2D eigenvalue weighted by Gasteiger charge is 2.49. The minimum atomic E-state index is -0.175. The fourth-order valence-corrected chi connectivity index (χ4v) is 5.07. The van der Waals surface area contributed by atoms with E-state index in [1.54, 1.807) is 20.5 Å². The van der Waals surface area contributed by atoms with Gasteiger partial charge in [0.15, 0.2) is 5.78 Å². The summed E-state index contributed by atoms with van der Waals surface area (Å²) in [5, 5.41) is 0. The smallest absolute Gasteiger partial charge is 0.173 e. The van der Waals surface area contributed by atoms with Gasteiger partial charge in [0, 0.05) is 23.7 Å². The summed E-state index contributed by atoms with van der Waals surface area (Å²) in [6.07, 6.45) is 3.22. The second kappa shape index (κ2) is 8.27. The topological polar surface area (TPSA) is 57.2 Å². The third kappa shape index (κ3) is 3.55. The Balaban J connectivity index is 1.38. The van der Waals surface area contributed by atoms with Gasteiger partial charge in [-0.1, -0.05) is 18.2 Å². The van der Waals surface area contributed by atoms with E-state index < -0.39 is 0 Å². The summed E-state index contributed by atoms with van der Waals surface area (Å²) in [6, 6.07) is 15.6. The molecule has 1 saturated carbocycles. The number of Topliss-reactive ketones (excluding diaryl/α,β-unsaturated/α-hetero) is 1. The van der Waals surface area contributed by atoms with Gasteiger partial charge in [-0.05, 0) is 43.2 Å². The first kappa shape index (κ1) is 19.9. The number of carbonyl (C=O) groups excluding carboxylic acids is 1. The Morgan fingerprint density at radius 3 is 2.58 bits per heavy atom. The van der Waals surface area contributed by atoms with E-state index in [-0.39, 0.29) is 29.8 Å². The molecule has 1 aliphatic carbocycles. The zero-order valence-corrected chi connectivity index (χ0v) is 17.8. The third-order valence-corrected chi connectivity index (χ3v) is 6.71. The molecule has 6 nitrogen and oxygen atoms in total. The van der Waals surface area contributed by atoms with Crippen molar-refractivity contribution in [3.8, 4) is 11.5 Å². The Labute approximate surface area is 182 Å². The first-order valence-electron chi connectivity index (χ1n) is 10.7. The Morgan fingerprint density at radius 2 is 1.81 bits per heavy atom. The van der Waals surface area contributed by atoms with Crippen LogP contribution >= 0.6 is 0 Å². The maximum atomic E-state index is 13.5. The van der Waals surface area contributed by atoms with Crippen molar-refractivity contribution in [2.24, 2.45) is 11.8 Å². The number of allylic oxidation sites excluding steroid dienone is 1. The fourth-order valence-electron chi connectivity index (χ4n) is 5.07. The molecule has 0 spiro atoms. The quantitative estimate of drug-likeness (QED) is 0.746. The van der Waals surface area contributed by atoms with Crippen LogP contribution in [0.25, 0.3) is 5.57 Å². The van der Waals surface area contributed by atoms with E-state index in [0.29, 0.717) is 18.1 Å². The Bertz CT molecular complexity index is 986. The van der Waals surface area contributed by atoms with E-state index in [1.165, 1.54) is 0 Å². The van der Waals surface area contributed by atoms with Crippen LogP contribution in [0.2, 0.25) is 0 Å². The molecule has 31 heavy (non-hydrogen) atoms. The molecule has 0 aromatic heterocycles. The molecule has 2 heterocycles. The average molecular weight is 421 g/mol. The van der Waals surface area contributed by atoms with Crippen LogP contribution in [0.1, 0.15) is 18.4 Å². The lowest BCUT2D eigenvalue weighted by Crippen LogP contribution is -2.56. The number of rotatable bonds is 4. The molecule has 2 aromatic carbocycles. The van der Waals surface area contributed by atoms with E-state index in [0.717, 1.165) is 36.4 Å². The molecular formula is C25H27NO5. The van der Waals surface area contributed by atoms with Crippen molar-refractivity contribution in [1.29, 1.82) is 0 Å². The monoisotopic (exact) mass is 421 g/mol. The molecule has 0 radical (unpaired) electrons. The predicted molar refractivity (Wildman–Crippen MR) is 117 cm³/mol. The lowest BCUT2D eigenvalue weighted by Gasteiger charge is -2.48. The number of fused-ring (bicyclic) bond motifs is 3. The summed E-state index contributed by atoms with van der Waals surface area (Å²) in [5.74, 6) is 1.62. The SMILES string of the molecule is COc1ccc(N2COC3CCC4C(=O)C(c5ccccc5OC)=COC4C3C2)cc1. The number of anilines is 1. The van der Waals surface area contributed by atoms with Crippen LogP contribution in [0, 0.1) is 11.8 Å². The van der Waals surface area contributed by atoms with Gasteiger partial charge < -0.3 is 23.8 Å². The number of benzene rings is 2. The normalized spacial score (nSPS) is 27.5. The number of methoxy groups -OCH3 is 2. The summed E-state index contributed by atoms with van der Waals surface area (Å²) >= 11 is 0. The van der Waals surface area contributed by atoms with Crippen LogP contribution < -0.4 is 14.4 Å². The van der Waals surface area contributed by atoms with Crippen LogP contribution in [0.4, 0.5) is 5.69 Å². The highest BCUT2D eigenvalue weighted by molar-refractivity contribution is 6.22. The van der Waals surface area contributed by atoms with Gasteiger partial charge in [0.1, 0.15) is 24.3 Å². The Morgan fingerprint density at radius 1 is 1.00 bits per heavy atom. The fraction of sp³-hybridized carbons (Fsp3) is 0.400. The zero-order chi connectivity index (χ0) is 21.4. The average Bonchev–Trinajstić information content (AvgIpc) is 2.84. The maximum Gasteiger partial charge on any atom is 0.173 e. The van der Waals surface area contributed by atoms with Crippen molar-refractivity contribution in [3.05, 3.63) is 60.4 Å². The second-order valence-electron chi connectivity index (χ2n) is 8.30. The largest absolute Gasteiger partial charge is 0.497 e. The Kier molecular flexibility index (Phi) is 5.32. The number of carbonyl (C=O) groups is 1. The molecule has 0 bridgehead atoms. The van der Waals surface area contributed by atoms with Crippen LogP contribution in [-0.4, -0.2) is 45.5 Å². The number of hydrogen-bond donors (Lipinski definition) is 0. The van der Waals surface area contributed by atoms with Crippen molar-refractivity contribution in [3.63, 3.8) is 0 Å². The van der Waals surface area contributed by atoms with Crippen LogP contribution in [0.3, 0.4) is 0 Å². The van der Waals surface area contributed by atoms with E-state index >= 15 is 0 Å². The summed E-state index contributed by atoms with van der Waals surface area (Å²) < 4.78 is 23.2. The van der Waals surface area contributed by atoms with Crippen LogP contribution in [0.5, 0.6) is 11.5 Å². The number of hydrogen-bond acceptors (Lipinski definition) is 6. The minimum Gasteiger partial charge on any atom is -0.497 e. The van der Waals surface area contributed by atoms with E-state index in [1.807, 2.05) is 48.5 Å². The molecular weight excluding hydrogens is 394 g/mol. The highest BCUT2D eigenvalue weighted by atomic mass is 16.5. The van der Waals surface area contributed by atoms with Crippen molar-refractivity contribution >= 4 is 17.0 Å². The first-order chi connectivity index (χ1) is 15.2. The molecule has 1 saturated heterocycles. The molecule has 0 amide bonds. The number of ketones is 1. The maximum absolute atomic E-state index is 13.5. The van der Waals surface area contributed by atoms with Gasteiger partial charge in [-0.15, -0.1) is 0 Å². The lowest BCUT2D eigenvalue weighted by atomic mass is 9.71. The van der Waals surface area contributed by atoms with Crippen LogP contribution in [-0.2, 0) is 14.3 Å². The first-order valence-corrected chi connectivity index (χ1v) is 10.7.